The molecule has 6 heteroatoms. The summed E-state index contributed by atoms with van der Waals surface area (Å²) in [6.07, 6.45) is 0. The van der Waals surface area contributed by atoms with Gasteiger partial charge in [-0.25, -0.2) is 9.37 Å². The van der Waals surface area contributed by atoms with Crippen LogP contribution < -0.4 is 10.1 Å². The van der Waals surface area contributed by atoms with Crippen LogP contribution in [-0.4, -0.2) is 24.0 Å². The molecule has 0 atom stereocenters. The summed E-state index contributed by atoms with van der Waals surface area (Å²) in [5, 5.41) is 4.84. The molecule has 0 saturated carbocycles. The molecule has 1 amide bonds. The number of nitrogens with one attached hydrogen (secondary N) is 1. The molecule has 0 radical (unpaired) electrons. The Hall–Kier alpha value is -1.95. The van der Waals surface area contributed by atoms with Gasteiger partial charge in [0, 0.05) is 23.1 Å². The van der Waals surface area contributed by atoms with E-state index in [0.717, 1.165) is 0 Å². The smallest absolute Gasteiger partial charge is 0.270 e. The minimum Gasteiger partial charge on any atom is -0.497 e. The lowest BCUT2D eigenvalue weighted by atomic mass is 10.2. The second-order valence-corrected chi connectivity index (χ2v) is 5.37. The van der Waals surface area contributed by atoms with E-state index in [1.54, 1.807) is 17.5 Å². The minimum absolute atomic E-state index is 0.0328. The van der Waals surface area contributed by atoms with Crippen LogP contribution in [0, 0.1) is 5.82 Å². The Bertz CT molecular complexity index is 625. The molecule has 0 aliphatic rings. The summed E-state index contributed by atoms with van der Waals surface area (Å²) in [6, 6.07) is 4.58. The van der Waals surface area contributed by atoms with Crippen LogP contribution >= 0.6 is 11.3 Å². The number of hydrogen-bond donors (Lipinski definition) is 1. The predicted molar refractivity (Wildman–Crippen MR) is 76.7 cm³/mol. The Morgan fingerprint density at radius 2 is 2.20 bits per heavy atom. The van der Waals surface area contributed by atoms with Gasteiger partial charge in [0.15, 0.2) is 0 Å². The van der Waals surface area contributed by atoms with Gasteiger partial charge in [-0.05, 0) is 26.0 Å². The Labute approximate surface area is 120 Å². The van der Waals surface area contributed by atoms with E-state index < -0.39 is 5.82 Å². The topological polar surface area (TPSA) is 51.2 Å². The predicted octanol–water partition coefficient (Wildman–Crippen LogP) is 3.10. The average Bonchev–Trinajstić information content (AvgIpc) is 2.87. The van der Waals surface area contributed by atoms with Crippen molar-refractivity contribution in [2.75, 3.05) is 7.11 Å². The van der Waals surface area contributed by atoms with E-state index in [1.807, 2.05) is 13.8 Å². The maximum Gasteiger partial charge on any atom is 0.270 e. The van der Waals surface area contributed by atoms with E-state index in [-0.39, 0.29) is 11.9 Å². The molecule has 0 unspecified atom stereocenters. The van der Waals surface area contributed by atoms with Crippen LogP contribution in [0.15, 0.2) is 23.6 Å². The summed E-state index contributed by atoms with van der Waals surface area (Å²) < 4.78 is 18.9. The number of amides is 1. The number of hydrogen-bond acceptors (Lipinski definition) is 4. The molecule has 1 aromatic heterocycles. The number of thiazole rings is 1. The van der Waals surface area contributed by atoms with Crippen LogP contribution in [0.5, 0.6) is 5.75 Å². The summed E-state index contributed by atoms with van der Waals surface area (Å²) in [5.74, 6) is -0.230. The zero-order valence-corrected chi connectivity index (χ0v) is 12.3. The second-order valence-electron chi connectivity index (χ2n) is 4.51. The normalized spacial score (nSPS) is 10.7. The van der Waals surface area contributed by atoms with E-state index in [1.165, 1.54) is 24.5 Å². The van der Waals surface area contributed by atoms with E-state index >= 15 is 0 Å². The molecule has 2 rings (SSSR count). The van der Waals surface area contributed by atoms with Crippen molar-refractivity contribution in [1.29, 1.82) is 0 Å². The van der Waals surface area contributed by atoms with E-state index in [9.17, 15) is 9.18 Å². The fourth-order valence-corrected chi connectivity index (χ4v) is 2.46. The van der Waals surface area contributed by atoms with Crippen LogP contribution in [0.1, 0.15) is 24.3 Å². The highest BCUT2D eigenvalue weighted by Gasteiger charge is 2.15. The molecule has 0 spiro atoms. The fraction of sp³-hybridized carbons (Fsp3) is 0.286. The molecule has 0 aliphatic heterocycles. The standard InChI is InChI=1S/C14H15FN2O2S/c1-8(2)16-13(18)12-7-20-14(17-12)10-5-4-9(19-3)6-11(10)15/h4-8H,1-3H3,(H,16,18). The fourth-order valence-electron chi connectivity index (χ4n) is 1.63. The van der Waals surface area contributed by atoms with Gasteiger partial charge < -0.3 is 10.1 Å². The molecule has 1 N–H and O–H groups in total. The van der Waals surface area contributed by atoms with Gasteiger partial charge in [-0.15, -0.1) is 11.3 Å². The number of aromatic nitrogens is 1. The molecule has 0 bridgehead atoms. The monoisotopic (exact) mass is 294 g/mol. The summed E-state index contributed by atoms with van der Waals surface area (Å²) in [4.78, 5) is 16.0. The highest BCUT2D eigenvalue weighted by molar-refractivity contribution is 7.13. The molecule has 106 valence electrons. The Morgan fingerprint density at radius 1 is 1.45 bits per heavy atom. The number of carbonyl (C=O) groups excluding carboxylic acids is 1. The third-order valence-corrected chi connectivity index (χ3v) is 3.44. The third-order valence-electron chi connectivity index (χ3n) is 2.56. The SMILES string of the molecule is COc1ccc(-c2nc(C(=O)NC(C)C)cs2)c(F)c1. The van der Waals surface area contributed by atoms with Crippen molar-refractivity contribution in [3.05, 3.63) is 35.1 Å². The molecule has 1 aromatic carbocycles. The molecule has 0 fully saturated rings. The molecular weight excluding hydrogens is 279 g/mol. The number of methoxy groups -OCH3 is 1. The van der Waals surface area contributed by atoms with Crippen molar-refractivity contribution in [1.82, 2.24) is 10.3 Å². The van der Waals surface area contributed by atoms with E-state index in [0.29, 0.717) is 22.0 Å². The lowest BCUT2D eigenvalue weighted by molar-refractivity contribution is 0.0939. The number of benzene rings is 1. The largest absolute Gasteiger partial charge is 0.497 e. The average molecular weight is 294 g/mol. The molecule has 0 saturated heterocycles. The lowest BCUT2D eigenvalue weighted by Gasteiger charge is -2.05. The summed E-state index contributed by atoms with van der Waals surface area (Å²) >= 11 is 1.23. The molecular formula is C14H15FN2O2S. The van der Waals surface area contributed by atoms with Crippen molar-refractivity contribution in [2.45, 2.75) is 19.9 Å². The van der Waals surface area contributed by atoms with Crippen LogP contribution in [0.3, 0.4) is 0 Å². The Kier molecular flexibility index (Phi) is 4.34. The van der Waals surface area contributed by atoms with Crippen molar-refractivity contribution < 1.29 is 13.9 Å². The van der Waals surface area contributed by atoms with E-state index in [4.69, 9.17) is 4.74 Å². The second kappa shape index (κ2) is 6.00. The van der Waals surface area contributed by atoms with Crippen molar-refractivity contribution >= 4 is 17.2 Å². The number of rotatable bonds is 4. The Morgan fingerprint density at radius 3 is 2.80 bits per heavy atom. The third kappa shape index (κ3) is 3.14. The highest BCUT2D eigenvalue weighted by atomic mass is 32.1. The van der Waals surface area contributed by atoms with Crippen LogP contribution in [0.2, 0.25) is 0 Å². The molecule has 0 aliphatic carbocycles. The van der Waals surface area contributed by atoms with Crippen LogP contribution in [-0.2, 0) is 0 Å². The maximum atomic E-state index is 13.9. The summed E-state index contributed by atoms with van der Waals surface area (Å²) in [7, 11) is 1.48. The number of carbonyl (C=O) groups is 1. The van der Waals surface area contributed by atoms with Gasteiger partial charge in [0.25, 0.3) is 5.91 Å². The van der Waals surface area contributed by atoms with Gasteiger partial charge >= 0.3 is 0 Å². The van der Waals surface area contributed by atoms with E-state index in [2.05, 4.69) is 10.3 Å². The quantitative estimate of drug-likeness (QED) is 0.942. The molecule has 20 heavy (non-hydrogen) atoms. The summed E-state index contributed by atoms with van der Waals surface area (Å²) in [6.45, 7) is 3.74. The van der Waals surface area contributed by atoms with Gasteiger partial charge in [-0.2, -0.15) is 0 Å². The Balaban J connectivity index is 2.27. The maximum absolute atomic E-state index is 13.9. The molecule has 1 heterocycles. The van der Waals surface area contributed by atoms with Gasteiger partial charge in [-0.3, -0.25) is 4.79 Å². The first-order valence-electron chi connectivity index (χ1n) is 6.11. The van der Waals surface area contributed by atoms with Crippen LogP contribution in [0.4, 0.5) is 4.39 Å². The number of nitrogens with zero attached hydrogens (tertiary/aromatic N) is 1. The summed E-state index contributed by atoms with van der Waals surface area (Å²) in [5.41, 5.74) is 0.660. The lowest BCUT2D eigenvalue weighted by Crippen LogP contribution is -2.30. The van der Waals surface area contributed by atoms with Gasteiger partial charge in [-0.1, -0.05) is 0 Å². The minimum atomic E-state index is -0.422. The van der Waals surface area contributed by atoms with Crippen molar-refractivity contribution in [3.63, 3.8) is 0 Å². The van der Waals surface area contributed by atoms with Gasteiger partial charge in [0.1, 0.15) is 22.3 Å². The zero-order valence-electron chi connectivity index (χ0n) is 11.4. The van der Waals surface area contributed by atoms with Gasteiger partial charge in [0.2, 0.25) is 0 Å². The zero-order chi connectivity index (χ0) is 14.7. The first-order valence-corrected chi connectivity index (χ1v) is 6.99. The number of halogens is 1. The van der Waals surface area contributed by atoms with Crippen molar-refractivity contribution in [3.8, 4) is 16.3 Å². The van der Waals surface area contributed by atoms with Gasteiger partial charge in [0.05, 0.1) is 7.11 Å². The number of ether oxygens (including phenoxy) is 1. The first-order chi connectivity index (χ1) is 9.51. The molecule has 4 nitrogen and oxygen atoms in total. The first kappa shape index (κ1) is 14.5. The van der Waals surface area contributed by atoms with Crippen molar-refractivity contribution in [2.24, 2.45) is 0 Å². The highest BCUT2D eigenvalue weighted by Crippen LogP contribution is 2.28. The molecule has 2 aromatic rings. The van der Waals surface area contributed by atoms with Crippen LogP contribution in [0.25, 0.3) is 10.6 Å².